The van der Waals surface area contributed by atoms with Gasteiger partial charge in [-0.2, -0.15) is 0 Å². The average Bonchev–Trinajstić information content (AvgIpc) is 2.69. The van der Waals surface area contributed by atoms with E-state index in [9.17, 15) is 5.11 Å². The maximum atomic E-state index is 11.5. The Bertz CT molecular complexity index is 295. The molecule has 18 heavy (non-hydrogen) atoms. The van der Waals surface area contributed by atoms with E-state index in [1.54, 1.807) is 0 Å². The van der Waals surface area contributed by atoms with Crippen molar-refractivity contribution in [2.45, 2.75) is 70.3 Å². The van der Waals surface area contributed by atoms with Crippen LogP contribution >= 0.6 is 0 Å². The van der Waals surface area contributed by atoms with Crippen molar-refractivity contribution in [2.24, 2.45) is 17.3 Å². The van der Waals surface area contributed by atoms with Crippen LogP contribution in [0.25, 0.3) is 0 Å². The third-order valence-corrected chi connectivity index (χ3v) is 6.19. The zero-order valence-electron chi connectivity index (χ0n) is 11.8. The third kappa shape index (κ3) is 1.92. The van der Waals surface area contributed by atoms with Crippen molar-refractivity contribution in [3.8, 4) is 0 Å². The van der Waals surface area contributed by atoms with E-state index >= 15 is 0 Å². The SMILES string of the molecule is CC1CCCC(C2(O)CCCC23CCOCC3)C1. The first-order valence-electron chi connectivity index (χ1n) is 7.96. The highest BCUT2D eigenvalue weighted by Crippen LogP contribution is 2.58. The molecular formula is C16H28O2. The number of hydrogen-bond acceptors (Lipinski definition) is 2. The molecule has 3 fully saturated rings. The van der Waals surface area contributed by atoms with E-state index in [-0.39, 0.29) is 11.0 Å². The molecule has 2 aliphatic carbocycles. The lowest BCUT2D eigenvalue weighted by molar-refractivity contribution is -0.154. The molecule has 1 saturated heterocycles. The average molecular weight is 252 g/mol. The first-order valence-corrected chi connectivity index (χ1v) is 7.96. The molecule has 104 valence electrons. The van der Waals surface area contributed by atoms with Crippen molar-refractivity contribution in [3.05, 3.63) is 0 Å². The second-order valence-corrected chi connectivity index (χ2v) is 7.14. The van der Waals surface area contributed by atoms with Gasteiger partial charge in [0.15, 0.2) is 0 Å². The van der Waals surface area contributed by atoms with Crippen molar-refractivity contribution < 1.29 is 9.84 Å². The van der Waals surface area contributed by atoms with E-state index < -0.39 is 0 Å². The number of aliphatic hydroxyl groups is 1. The minimum atomic E-state index is -0.370. The molecule has 1 aliphatic heterocycles. The van der Waals surface area contributed by atoms with E-state index in [0.29, 0.717) is 5.92 Å². The van der Waals surface area contributed by atoms with Crippen LogP contribution in [0.3, 0.4) is 0 Å². The lowest BCUT2D eigenvalue weighted by Gasteiger charge is -2.51. The standard InChI is InChI=1S/C16H28O2/c1-13-4-2-5-14(12-13)16(17)7-3-6-15(16)8-10-18-11-9-15/h13-14,17H,2-12H2,1H3. The third-order valence-electron chi connectivity index (χ3n) is 6.19. The molecule has 3 rings (SSSR count). The largest absolute Gasteiger partial charge is 0.389 e. The quantitative estimate of drug-likeness (QED) is 0.773. The van der Waals surface area contributed by atoms with Gasteiger partial charge in [0.25, 0.3) is 0 Å². The van der Waals surface area contributed by atoms with Crippen LogP contribution in [0.5, 0.6) is 0 Å². The summed E-state index contributed by atoms with van der Waals surface area (Å²) in [5.41, 5.74) is -0.168. The minimum absolute atomic E-state index is 0.201. The van der Waals surface area contributed by atoms with Crippen LogP contribution in [0.1, 0.15) is 64.7 Å². The minimum Gasteiger partial charge on any atom is -0.389 e. The monoisotopic (exact) mass is 252 g/mol. The summed E-state index contributed by atoms with van der Waals surface area (Å²) in [7, 11) is 0. The van der Waals surface area contributed by atoms with Gasteiger partial charge in [-0.3, -0.25) is 0 Å². The highest BCUT2D eigenvalue weighted by molar-refractivity contribution is 5.08. The predicted molar refractivity (Wildman–Crippen MR) is 72.4 cm³/mol. The summed E-state index contributed by atoms with van der Waals surface area (Å²) in [4.78, 5) is 0. The molecule has 1 N–H and O–H groups in total. The molecule has 3 atom stereocenters. The molecule has 1 spiro atoms. The number of ether oxygens (including phenoxy) is 1. The van der Waals surface area contributed by atoms with E-state index in [2.05, 4.69) is 6.92 Å². The van der Waals surface area contributed by atoms with Gasteiger partial charge in [-0.1, -0.05) is 19.8 Å². The van der Waals surface area contributed by atoms with Gasteiger partial charge in [-0.05, 0) is 56.8 Å². The first-order chi connectivity index (χ1) is 8.66. The topological polar surface area (TPSA) is 29.5 Å². The predicted octanol–water partition coefficient (Wildman–Crippen LogP) is 3.52. The Morgan fingerprint density at radius 1 is 1.00 bits per heavy atom. The molecular weight excluding hydrogens is 224 g/mol. The summed E-state index contributed by atoms with van der Waals surface area (Å²) in [6, 6.07) is 0. The zero-order valence-corrected chi connectivity index (χ0v) is 11.8. The van der Waals surface area contributed by atoms with Gasteiger partial charge in [-0.25, -0.2) is 0 Å². The van der Waals surface area contributed by atoms with E-state index in [1.807, 2.05) is 0 Å². The summed E-state index contributed by atoms with van der Waals surface area (Å²) in [5.74, 6) is 1.37. The molecule has 3 aliphatic rings. The van der Waals surface area contributed by atoms with Crippen LogP contribution in [-0.4, -0.2) is 23.9 Å². The van der Waals surface area contributed by atoms with Crippen LogP contribution < -0.4 is 0 Å². The summed E-state index contributed by atoms with van der Waals surface area (Å²) in [6.07, 6.45) is 10.9. The van der Waals surface area contributed by atoms with Gasteiger partial charge in [0.1, 0.15) is 0 Å². The molecule has 2 saturated carbocycles. The molecule has 0 aromatic heterocycles. The van der Waals surface area contributed by atoms with Gasteiger partial charge < -0.3 is 9.84 Å². The van der Waals surface area contributed by atoms with Crippen LogP contribution in [-0.2, 0) is 4.74 Å². The van der Waals surface area contributed by atoms with E-state index in [1.165, 1.54) is 38.5 Å². The van der Waals surface area contributed by atoms with E-state index in [4.69, 9.17) is 4.74 Å². The molecule has 0 amide bonds. The van der Waals surface area contributed by atoms with Crippen molar-refractivity contribution in [2.75, 3.05) is 13.2 Å². The Labute approximate surface area is 111 Å². The second kappa shape index (κ2) is 4.79. The molecule has 3 unspecified atom stereocenters. The van der Waals surface area contributed by atoms with E-state index in [0.717, 1.165) is 38.4 Å². The van der Waals surface area contributed by atoms with Crippen molar-refractivity contribution in [1.29, 1.82) is 0 Å². The van der Waals surface area contributed by atoms with Gasteiger partial charge in [-0.15, -0.1) is 0 Å². The Morgan fingerprint density at radius 3 is 2.50 bits per heavy atom. The number of rotatable bonds is 1. The van der Waals surface area contributed by atoms with Crippen LogP contribution in [0, 0.1) is 17.3 Å². The van der Waals surface area contributed by atoms with Gasteiger partial charge in [0.05, 0.1) is 5.60 Å². The van der Waals surface area contributed by atoms with Crippen molar-refractivity contribution in [1.82, 2.24) is 0 Å². The second-order valence-electron chi connectivity index (χ2n) is 7.14. The normalized spacial score (nSPS) is 44.3. The van der Waals surface area contributed by atoms with Gasteiger partial charge in [0, 0.05) is 18.6 Å². The lowest BCUT2D eigenvalue weighted by atomic mass is 9.60. The summed E-state index contributed by atoms with van der Waals surface area (Å²) in [6.45, 7) is 4.09. The Hall–Kier alpha value is -0.0800. The fourth-order valence-corrected chi connectivity index (χ4v) is 5.13. The Morgan fingerprint density at radius 2 is 1.78 bits per heavy atom. The summed E-state index contributed by atoms with van der Waals surface area (Å²) in [5, 5.41) is 11.5. The summed E-state index contributed by atoms with van der Waals surface area (Å²) < 4.78 is 5.55. The fraction of sp³-hybridized carbons (Fsp3) is 1.00. The highest BCUT2D eigenvalue weighted by atomic mass is 16.5. The lowest BCUT2D eigenvalue weighted by Crippen LogP contribution is -2.53. The Kier molecular flexibility index (Phi) is 3.44. The summed E-state index contributed by atoms with van der Waals surface area (Å²) >= 11 is 0. The highest BCUT2D eigenvalue weighted by Gasteiger charge is 2.57. The molecule has 2 nitrogen and oxygen atoms in total. The molecule has 1 heterocycles. The molecule has 0 aromatic rings. The molecule has 0 radical (unpaired) electrons. The van der Waals surface area contributed by atoms with Crippen molar-refractivity contribution >= 4 is 0 Å². The fourth-order valence-electron chi connectivity index (χ4n) is 5.13. The maximum Gasteiger partial charge on any atom is 0.0733 e. The Balaban J connectivity index is 1.82. The molecule has 0 bridgehead atoms. The van der Waals surface area contributed by atoms with Crippen LogP contribution in [0.4, 0.5) is 0 Å². The van der Waals surface area contributed by atoms with Gasteiger partial charge in [0.2, 0.25) is 0 Å². The molecule has 0 aromatic carbocycles. The smallest absolute Gasteiger partial charge is 0.0733 e. The van der Waals surface area contributed by atoms with Gasteiger partial charge >= 0.3 is 0 Å². The van der Waals surface area contributed by atoms with Crippen molar-refractivity contribution in [3.63, 3.8) is 0 Å². The number of hydrogen-bond donors (Lipinski definition) is 1. The van der Waals surface area contributed by atoms with Crippen LogP contribution in [0.2, 0.25) is 0 Å². The van der Waals surface area contributed by atoms with Crippen LogP contribution in [0.15, 0.2) is 0 Å². The first kappa shape index (κ1) is 12.9. The zero-order chi connectivity index (χ0) is 12.6. The maximum absolute atomic E-state index is 11.5. The molecule has 2 heteroatoms.